The number of hydrogen-bond acceptors (Lipinski definition) is 2. The van der Waals surface area contributed by atoms with Gasteiger partial charge >= 0.3 is 0 Å². The smallest absolute Gasteiger partial charge is 0.178 e. The maximum Gasteiger partial charge on any atom is 0.178 e. The maximum absolute atomic E-state index is 4.96. The lowest BCUT2D eigenvalue weighted by Gasteiger charge is -1.95. The van der Waals surface area contributed by atoms with Gasteiger partial charge in [-0.05, 0) is 12.2 Å². The molecule has 0 saturated heterocycles. The zero-order valence-corrected chi connectivity index (χ0v) is 5.53. The van der Waals surface area contributed by atoms with Crippen LogP contribution >= 0.6 is 24.6 Å². The van der Waals surface area contributed by atoms with Crippen LogP contribution in [0.2, 0.25) is 0 Å². The number of nitrogens with one attached hydrogen (secondary N) is 2. The second kappa shape index (κ2) is 5.94. The van der Waals surface area contributed by atoms with Crippen LogP contribution in [0.3, 0.4) is 0 Å². The second-order valence-electron chi connectivity index (χ2n) is 0.739. The lowest BCUT2D eigenvalue weighted by Crippen LogP contribution is -2.37. The van der Waals surface area contributed by atoms with Crippen molar-refractivity contribution in [2.75, 3.05) is 7.05 Å². The highest BCUT2D eigenvalue weighted by Crippen LogP contribution is 1.44. The fourth-order valence-electron chi connectivity index (χ4n) is 0.123. The van der Waals surface area contributed by atoms with Crippen LogP contribution in [0.4, 0.5) is 0 Å². The number of thiocarbonyl (C=S) groups is 1. The molecule has 0 aliphatic carbocycles. The Morgan fingerprint density at radius 3 is 2.14 bits per heavy atom. The molecule has 4 N–H and O–H groups in total. The third-order valence-electron chi connectivity index (χ3n) is 0.248. The number of nitrogens with two attached hydrogens (primary N) is 1. The van der Waals surface area contributed by atoms with Crippen LogP contribution in [0.25, 0.3) is 0 Å². The highest BCUT2D eigenvalue weighted by atomic mass is 35.5. The Morgan fingerprint density at radius 1 is 1.71 bits per heavy atom. The molecular weight excluding hydrogens is 134 g/mol. The summed E-state index contributed by atoms with van der Waals surface area (Å²) < 4.78 is 0. The van der Waals surface area contributed by atoms with E-state index in [1.54, 1.807) is 7.05 Å². The van der Waals surface area contributed by atoms with E-state index in [1.165, 1.54) is 0 Å². The summed E-state index contributed by atoms with van der Waals surface area (Å²) in [6, 6.07) is 0. The van der Waals surface area contributed by atoms with Gasteiger partial charge in [-0.1, -0.05) is 0 Å². The van der Waals surface area contributed by atoms with Crippen molar-refractivity contribution < 1.29 is 0 Å². The number of rotatable bonds is 1. The van der Waals surface area contributed by atoms with Crippen molar-refractivity contribution in [2.24, 2.45) is 5.73 Å². The van der Waals surface area contributed by atoms with Crippen molar-refractivity contribution in [3.63, 3.8) is 0 Å². The van der Waals surface area contributed by atoms with Gasteiger partial charge in [0.1, 0.15) is 0 Å². The molecule has 0 heterocycles. The summed E-state index contributed by atoms with van der Waals surface area (Å²) in [5, 5.41) is 0.262. The van der Waals surface area contributed by atoms with Gasteiger partial charge in [-0.15, -0.1) is 12.4 Å². The quantitative estimate of drug-likeness (QED) is 0.337. The van der Waals surface area contributed by atoms with E-state index in [4.69, 9.17) is 5.73 Å². The first-order chi connectivity index (χ1) is 2.77. The van der Waals surface area contributed by atoms with Crippen molar-refractivity contribution in [2.45, 2.75) is 0 Å². The zero-order valence-electron chi connectivity index (χ0n) is 3.89. The summed E-state index contributed by atoms with van der Waals surface area (Å²) in [5.41, 5.74) is 9.98. The van der Waals surface area contributed by atoms with E-state index in [0.29, 0.717) is 0 Å². The fraction of sp³-hybridized carbons (Fsp3) is 0.500. The Hall–Kier alpha value is -0.0600. The second-order valence-corrected chi connectivity index (χ2v) is 1.18. The molecule has 0 unspecified atom stereocenters. The normalized spacial score (nSPS) is 6.43. The molecule has 0 bridgehead atoms. The Morgan fingerprint density at radius 2 is 2.14 bits per heavy atom. The van der Waals surface area contributed by atoms with E-state index in [2.05, 4.69) is 23.1 Å². The number of hydrogen-bond donors (Lipinski definition) is 3. The van der Waals surface area contributed by atoms with Crippen LogP contribution in [0, 0.1) is 0 Å². The summed E-state index contributed by atoms with van der Waals surface area (Å²) in [4.78, 5) is 0. The molecular formula is C2H8ClN3S. The average Bonchev–Trinajstić information content (AvgIpc) is 1.35. The minimum absolute atomic E-state index is 0. The molecule has 0 amide bonds. The summed E-state index contributed by atoms with van der Waals surface area (Å²) >= 11 is 4.40. The van der Waals surface area contributed by atoms with Crippen LogP contribution in [0.5, 0.6) is 0 Å². The lowest BCUT2D eigenvalue weighted by molar-refractivity contribution is 0.772. The third kappa shape index (κ3) is 10.7. The molecule has 0 aromatic heterocycles. The summed E-state index contributed by atoms with van der Waals surface area (Å²) in [6.45, 7) is 0. The van der Waals surface area contributed by atoms with Gasteiger partial charge in [0.15, 0.2) is 5.11 Å². The van der Waals surface area contributed by atoms with Crippen LogP contribution in [-0.4, -0.2) is 12.2 Å². The lowest BCUT2D eigenvalue weighted by atomic mass is 11.2. The van der Waals surface area contributed by atoms with Gasteiger partial charge in [0.05, 0.1) is 0 Å². The number of hydrazine groups is 1. The highest BCUT2D eigenvalue weighted by molar-refractivity contribution is 7.80. The Kier molecular flexibility index (Phi) is 8.51. The molecule has 3 nitrogen and oxygen atoms in total. The minimum Gasteiger partial charge on any atom is -0.375 e. The van der Waals surface area contributed by atoms with Gasteiger partial charge in [0, 0.05) is 7.05 Å². The monoisotopic (exact) mass is 141 g/mol. The van der Waals surface area contributed by atoms with Crippen molar-refractivity contribution in [1.82, 2.24) is 10.9 Å². The molecule has 0 aliphatic rings. The summed E-state index contributed by atoms with van der Waals surface area (Å²) in [6.07, 6.45) is 0. The van der Waals surface area contributed by atoms with Gasteiger partial charge in [0.25, 0.3) is 0 Å². The van der Waals surface area contributed by atoms with Gasteiger partial charge in [0.2, 0.25) is 0 Å². The van der Waals surface area contributed by atoms with Crippen molar-refractivity contribution in [1.29, 1.82) is 0 Å². The summed E-state index contributed by atoms with van der Waals surface area (Å²) in [7, 11) is 1.69. The van der Waals surface area contributed by atoms with E-state index >= 15 is 0 Å². The Bertz CT molecular complexity index is 56.9. The molecule has 0 saturated carbocycles. The van der Waals surface area contributed by atoms with E-state index in [1.807, 2.05) is 0 Å². The standard InChI is InChI=1S/C2H7N3S.ClH/c1-4-5-2(3)6;/h4H,1H3,(H3,3,5,6);1H. The van der Waals surface area contributed by atoms with Crippen LogP contribution in [0.1, 0.15) is 0 Å². The van der Waals surface area contributed by atoms with Crippen LogP contribution in [0.15, 0.2) is 0 Å². The molecule has 0 aromatic carbocycles. The van der Waals surface area contributed by atoms with Gasteiger partial charge in [-0.3, -0.25) is 5.43 Å². The molecule has 0 aliphatic heterocycles. The van der Waals surface area contributed by atoms with E-state index in [9.17, 15) is 0 Å². The molecule has 0 radical (unpaired) electrons. The van der Waals surface area contributed by atoms with E-state index < -0.39 is 0 Å². The first-order valence-corrected chi connectivity index (χ1v) is 1.90. The highest BCUT2D eigenvalue weighted by Gasteiger charge is 1.72. The van der Waals surface area contributed by atoms with Crippen LogP contribution < -0.4 is 16.6 Å². The third-order valence-corrected chi connectivity index (χ3v) is 0.350. The largest absolute Gasteiger partial charge is 0.375 e. The maximum atomic E-state index is 4.96. The number of halogens is 1. The Labute approximate surface area is 54.0 Å². The Balaban J connectivity index is 0. The molecule has 0 rings (SSSR count). The molecule has 5 heteroatoms. The molecule has 0 spiro atoms. The molecule has 44 valence electrons. The van der Waals surface area contributed by atoms with Crippen molar-refractivity contribution in [3.8, 4) is 0 Å². The minimum atomic E-state index is 0. The molecule has 0 atom stereocenters. The molecule has 0 fully saturated rings. The van der Waals surface area contributed by atoms with E-state index in [-0.39, 0.29) is 17.5 Å². The van der Waals surface area contributed by atoms with Gasteiger partial charge in [-0.25, -0.2) is 5.43 Å². The first-order valence-electron chi connectivity index (χ1n) is 1.49. The van der Waals surface area contributed by atoms with Crippen LogP contribution in [-0.2, 0) is 0 Å². The van der Waals surface area contributed by atoms with Crippen molar-refractivity contribution in [3.05, 3.63) is 0 Å². The first kappa shape index (κ1) is 10.0. The van der Waals surface area contributed by atoms with Gasteiger partial charge < -0.3 is 5.73 Å². The topological polar surface area (TPSA) is 50.1 Å². The average molecular weight is 142 g/mol. The predicted octanol–water partition coefficient (Wildman–Crippen LogP) is -0.624. The zero-order chi connectivity index (χ0) is 4.99. The SMILES string of the molecule is CNNC(N)=S.Cl. The van der Waals surface area contributed by atoms with E-state index in [0.717, 1.165) is 0 Å². The fourth-order valence-corrected chi connectivity index (χ4v) is 0.225. The summed E-state index contributed by atoms with van der Waals surface area (Å²) in [5.74, 6) is 0. The molecule has 0 aromatic rings. The molecule has 7 heavy (non-hydrogen) atoms. The van der Waals surface area contributed by atoms with Crippen molar-refractivity contribution >= 4 is 29.7 Å². The van der Waals surface area contributed by atoms with Gasteiger partial charge in [-0.2, -0.15) is 0 Å². The predicted molar refractivity (Wildman–Crippen MR) is 36.2 cm³/mol.